The Kier molecular flexibility index (Phi) is 6.31. The van der Waals surface area contributed by atoms with Crippen molar-refractivity contribution in [1.82, 2.24) is 15.5 Å². The van der Waals surface area contributed by atoms with Crippen molar-refractivity contribution in [3.05, 3.63) is 23.8 Å². The molecule has 6 nitrogen and oxygen atoms in total. The van der Waals surface area contributed by atoms with E-state index in [1.807, 2.05) is 12.1 Å². The average molecular weight is 334 g/mol. The Labute approximate surface area is 145 Å². The van der Waals surface area contributed by atoms with Crippen LogP contribution in [-0.2, 0) is 6.42 Å². The zero-order chi connectivity index (χ0) is 17.6. The van der Waals surface area contributed by atoms with Crippen molar-refractivity contribution in [1.29, 1.82) is 0 Å². The van der Waals surface area contributed by atoms with Crippen LogP contribution in [0.25, 0.3) is 0 Å². The molecule has 1 heterocycles. The molecule has 0 radical (unpaired) electrons. The molecule has 0 spiro atoms. The molecule has 0 unspecified atom stereocenters. The third-order valence-corrected chi connectivity index (χ3v) is 3.85. The van der Waals surface area contributed by atoms with Crippen molar-refractivity contribution in [3.63, 3.8) is 0 Å². The fourth-order valence-corrected chi connectivity index (χ4v) is 2.88. The lowest BCUT2D eigenvalue weighted by Crippen LogP contribution is -2.45. The minimum atomic E-state index is 0.179. The van der Waals surface area contributed by atoms with Gasteiger partial charge < -0.3 is 25.0 Å². The number of ether oxygens (including phenoxy) is 2. The summed E-state index contributed by atoms with van der Waals surface area (Å²) in [5, 5.41) is 6.78. The first kappa shape index (κ1) is 18.4. The van der Waals surface area contributed by atoms with Gasteiger partial charge in [0.05, 0.1) is 0 Å². The number of aliphatic imine (C=N–C) groups is 1. The fraction of sp³-hybridized carbons (Fsp3) is 0.611. The summed E-state index contributed by atoms with van der Waals surface area (Å²) in [6.45, 7) is 7.52. The molecular weight excluding hydrogens is 304 g/mol. The summed E-state index contributed by atoms with van der Waals surface area (Å²) < 4.78 is 10.7. The van der Waals surface area contributed by atoms with Gasteiger partial charge in [-0.05, 0) is 43.6 Å². The minimum Gasteiger partial charge on any atom is -0.454 e. The molecule has 134 valence electrons. The van der Waals surface area contributed by atoms with Crippen LogP contribution in [0, 0.1) is 5.41 Å². The average Bonchev–Trinajstić information content (AvgIpc) is 2.97. The molecule has 1 aromatic carbocycles. The van der Waals surface area contributed by atoms with Crippen molar-refractivity contribution in [2.75, 3.05) is 47.6 Å². The van der Waals surface area contributed by atoms with Crippen LogP contribution in [0.15, 0.2) is 23.2 Å². The minimum absolute atomic E-state index is 0.179. The van der Waals surface area contributed by atoms with Crippen molar-refractivity contribution < 1.29 is 9.47 Å². The third kappa shape index (κ3) is 5.60. The lowest BCUT2D eigenvalue weighted by molar-refractivity contribution is 0.174. The summed E-state index contributed by atoms with van der Waals surface area (Å²) in [6, 6.07) is 6.08. The van der Waals surface area contributed by atoms with Gasteiger partial charge in [-0.25, -0.2) is 0 Å². The highest BCUT2D eigenvalue weighted by atomic mass is 16.7. The van der Waals surface area contributed by atoms with Crippen LogP contribution in [0.5, 0.6) is 11.5 Å². The second-order valence-electron chi connectivity index (χ2n) is 7.19. The van der Waals surface area contributed by atoms with Crippen LogP contribution in [0.1, 0.15) is 19.4 Å². The highest BCUT2D eigenvalue weighted by Crippen LogP contribution is 2.32. The first-order valence-electron chi connectivity index (χ1n) is 8.37. The summed E-state index contributed by atoms with van der Waals surface area (Å²) >= 11 is 0. The van der Waals surface area contributed by atoms with Gasteiger partial charge in [-0.15, -0.1) is 0 Å². The maximum absolute atomic E-state index is 5.41. The number of nitrogens with zero attached hydrogens (tertiary/aromatic N) is 2. The summed E-state index contributed by atoms with van der Waals surface area (Å²) in [7, 11) is 6.00. The van der Waals surface area contributed by atoms with Gasteiger partial charge in [0.1, 0.15) is 0 Å². The molecule has 1 aliphatic rings. The molecular formula is C18H30N4O2. The van der Waals surface area contributed by atoms with E-state index in [0.717, 1.165) is 43.5 Å². The highest BCUT2D eigenvalue weighted by Gasteiger charge is 2.19. The summed E-state index contributed by atoms with van der Waals surface area (Å²) in [5.74, 6) is 2.50. The fourth-order valence-electron chi connectivity index (χ4n) is 2.88. The molecule has 0 aliphatic carbocycles. The van der Waals surface area contributed by atoms with Crippen LogP contribution in [-0.4, -0.2) is 58.4 Å². The van der Waals surface area contributed by atoms with E-state index in [1.165, 1.54) is 5.56 Å². The number of rotatable bonds is 7. The van der Waals surface area contributed by atoms with E-state index in [-0.39, 0.29) is 5.41 Å². The number of hydrogen-bond acceptors (Lipinski definition) is 4. The normalized spacial score (nSPS) is 14.2. The van der Waals surface area contributed by atoms with Crippen LogP contribution >= 0.6 is 0 Å². The van der Waals surface area contributed by atoms with E-state index >= 15 is 0 Å². The molecule has 0 atom stereocenters. The first-order valence-corrected chi connectivity index (χ1v) is 8.37. The molecule has 0 fully saturated rings. The molecule has 0 saturated carbocycles. The topological polar surface area (TPSA) is 58.1 Å². The molecule has 6 heteroatoms. The maximum Gasteiger partial charge on any atom is 0.231 e. The largest absolute Gasteiger partial charge is 0.454 e. The summed E-state index contributed by atoms with van der Waals surface area (Å²) in [4.78, 5) is 6.50. The van der Waals surface area contributed by atoms with Gasteiger partial charge in [-0.3, -0.25) is 4.99 Å². The van der Waals surface area contributed by atoms with Gasteiger partial charge in [0.15, 0.2) is 17.5 Å². The lowest BCUT2D eigenvalue weighted by Gasteiger charge is -2.29. The Morgan fingerprint density at radius 3 is 2.67 bits per heavy atom. The molecule has 24 heavy (non-hydrogen) atoms. The number of nitrogens with one attached hydrogen (secondary N) is 2. The van der Waals surface area contributed by atoms with E-state index in [0.29, 0.717) is 6.79 Å². The molecule has 0 aromatic heterocycles. The summed E-state index contributed by atoms with van der Waals surface area (Å²) in [5.41, 5.74) is 1.40. The maximum atomic E-state index is 5.41. The van der Waals surface area contributed by atoms with Crippen LogP contribution < -0.4 is 20.1 Å². The second kappa shape index (κ2) is 8.24. The van der Waals surface area contributed by atoms with Gasteiger partial charge in [-0.2, -0.15) is 0 Å². The number of fused-ring (bicyclic) bond motifs is 1. The first-order chi connectivity index (χ1) is 11.4. The Hall–Kier alpha value is -1.95. The van der Waals surface area contributed by atoms with E-state index in [2.05, 4.69) is 54.5 Å². The van der Waals surface area contributed by atoms with Crippen LogP contribution in [0.2, 0.25) is 0 Å². The zero-order valence-electron chi connectivity index (χ0n) is 15.5. The molecule has 0 saturated heterocycles. The quantitative estimate of drug-likeness (QED) is 0.587. The van der Waals surface area contributed by atoms with Crippen molar-refractivity contribution in [3.8, 4) is 11.5 Å². The van der Waals surface area contributed by atoms with Gasteiger partial charge >= 0.3 is 0 Å². The standard InChI is InChI=1S/C18H30N4O2/c1-18(2,12-22(4)5)11-21-17(19-3)20-9-8-14-6-7-15-16(10-14)24-13-23-15/h6-7,10H,8-9,11-13H2,1-5H3,(H2,19,20,21). The van der Waals surface area contributed by atoms with Crippen molar-refractivity contribution in [2.45, 2.75) is 20.3 Å². The number of guanidine groups is 1. The van der Waals surface area contributed by atoms with E-state index < -0.39 is 0 Å². The Morgan fingerprint density at radius 1 is 1.21 bits per heavy atom. The zero-order valence-corrected chi connectivity index (χ0v) is 15.5. The van der Waals surface area contributed by atoms with E-state index in [4.69, 9.17) is 9.47 Å². The Bertz CT molecular complexity index is 570. The van der Waals surface area contributed by atoms with Gasteiger partial charge in [-0.1, -0.05) is 19.9 Å². The molecule has 2 rings (SSSR count). The van der Waals surface area contributed by atoms with Gasteiger partial charge in [0, 0.05) is 26.7 Å². The van der Waals surface area contributed by atoms with E-state index in [9.17, 15) is 0 Å². The van der Waals surface area contributed by atoms with Crippen molar-refractivity contribution in [2.24, 2.45) is 10.4 Å². The van der Waals surface area contributed by atoms with E-state index in [1.54, 1.807) is 7.05 Å². The summed E-state index contributed by atoms with van der Waals surface area (Å²) in [6.07, 6.45) is 0.901. The van der Waals surface area contributed by atoms with Gasteiger partial charge in [0.25, 0.3) is 0 Å². The van der Waals surface area contributed by atoms with Crippen molar-refractivity contribution >= 4 is 5.96 Å². The third-order valence-electron chi connectivity index (χ3n) is 3.85. The predicted octanol–water partition coefficient (Wildman–Crippen LogP) is 1.71. The number of hydrogen-bond donors (Lipinski definition) is 2. The Morgan fingerprint density at radius 2 is 1.96 bits per heavy atom. The predicted molar refractivity (Wildman–Crippen MR) is 98.0 cm³/mol. The molecule has 0 bridgehead atoms. The SMILES string of the molecule is CN=C(NCCc1ccc2c(c1)OCO2)NCC(C)(C)CN(C)C. The second-order valence-corrected chi connectivity index (χ2v) is 7.19. The van der Waals surface area contributed by atoms with Crippen LogP contribution in [0.3, 0.4) is 0 Å². The highest BCUT2D eigenvalue weighted by molar-refractivity contribution is 5.79. The molecule has 2 N–H and O–H groups in total. The van der Waals surface area contributed by atoms with Gasteiger partial charge in [0.2, 0.25) is 6.79 Å². The molecule has 0 amide bonds. The Balaban J connectivity index is 1.75. The molecule has 1 aromatic rings. The van der Waals surface area contributed by atoms with Crippen LogP contribution in [0.4, 0.5) is 0 Å². The molecule has 1 aliphatic heterocycles. The smallest absolute Gasteiger partial charge is 0.231 e. The monoisotopic (exact) mass is 334 g/mol. The number of benzene rings is 1. The lowest BCUT2D eigenvalue weighted by atomic mass is 9.93.